The fourth-order valence-corrected chi connectivity index (χ4v) is 5.26. The van der Waals surface area contributed by atoms with Gasteiger partial charge in [0, 0.05) is 5.69 Å². The summed E-state index contributed by atoms with van der Waals surface area (Å²) in [6.07, 6.45) is 0.923. The van der Waals surface area contributed by atoms with Crippen molar-refractivity contribution in [3.63, 3.8) is 0 Å². The van der Waals surface area contributed by atoms with E-state index in [9.17, 15) is 13.2 Å². The smallest absolute Gasteiger partial charge is 0.267 e. The molecule has 0 aliphatic heterocycles. The molecule has 0 aliphatic rings. The van der Waals surface area contributed by atoms with Crippen molar-refractivity contribution in [1.82, 2.24) is 4.98 Å². The Hall–Kier alpha value is -2.71. The van der Waals surface area contributed by atoms with E-state index in [1.165, 1.54) is 5.56 Å². The maximum Gasteiger partial charge on any atom is 0.267 e. The van der Waals surface area contributed by atoms with Gasteiger partial charge in [0.05, 0.1) is 10.6 Å². The van der Waals surface area contributed by atoms with Crippen molar-refractivity contribution in [1.29, 1.82) is 0 Å². The molecule has 0 spiro atoms. The first-order valence-corrected chi connectivity index (χ1v) is 11.5. The van der Waals surface area contributed by atoms with Gasteiger partial charge in [-0.3, -0.25) is 9.52 Å². The van der Waals surface area contributed by atoms with Gasteiger partial charge >= 0.3 is 0 Å². The van der Waals surface area contributed by atoms with Crippen LogP contribution >= 0.6 is 11.3 Å². The number of thiazole rings is 1. The lowest BCUT2D eigenvalue weighted by molar-refractivity contribution is 0.103. The standard InChI is InChI=1S/C21H23N3O3S2/c1-5-16-7-9-17(10-8-16)23-20(25)19-15(4)22-21(28-19)24-29(26,27)18-11-6-13(2)12-14(18)3/h6-12H,5H2,1-4H3,(H,22,24)(H,23,25). The number of nitrogens with zero attached hydrogens (tertiary/aromatic N) is 1. The van der Waals surface area contributed by atoms with Crippen molar-refractivity contribution in [2.45, 2.75) is 39.0 Å². The van der Waals surface area contributed by atoms with Crippen molar-refractivity contribution in [3.05, 3.63) is 69.7 Å². The van der Waals surface area contributed by atoms with Crippen molar-refractivity contribution in [3.8, 4) is 0 Å². The summed E-state index contributed by atoms with van der Waals surface area (Å²) >= 11 is 1.01. The van der Waals surface area contributed by atoms with Crippen LogP contribution in [0.15, 0.2) is 47.4 Å². The van der Waals surface area contributed by atoms with Gasteiger partial charge in [-0.2, -0.15) is 0 Å². The van der Waals surface area contributed by atoms with Gasteiger partial charge < -0.3 is 5.32 Å². The summed E-state index contributed by atoms with van der Waals surface area (Å²) in [5.74, 6) is -0.318. The Morgan fingerprint density at radius 1 is 1.07 bits per heavy atom. The van der Waals surface area contributed by atoms with Crippen molar-refractivity contribution in [2.24, 2.45) is 0 Å². The normalized spacial score (nSPS) is 11.3. The van der Waals surface area contributed by atoms with Gasteiger partial charge in [-0.05, 0) is 56.5 Å². The van der Waals surface area contributed by atoms with E-state index >= 15 is 0 Å². The Bertz CT molecular complexity index is 1150. The second-order valence-corrected chi connectivity index (χ2v) is 9.46. The van der Waals surface area contributed by atoms with Crippen LogP contribution in [-0.2, 0) is 16.4 Å². The van der Waals surface area contributed by atoms with Crippen LogP contribution in [-0.4, -0.2) is 19.3 Å². The average molecular weight is 430 g/mol. The molecule has 0 fully saturated rings. The zero-order valence-corrected chi connectivity index (χ0v) is 18.4. The summed E-state index contributed by atoms with van der Waals surface area (Å²) in [4.78, 5) is 17.4. The topological polar surface area (TPSA) is 88.2 Å². The molecule has 0 atom stereocenters. The molecule has 0 radical (unpaired) electrons. The molecule has 1 aromatic heterocycles. The number of nitrogens with one attached hydrogen (secondary N) is 2. The highest BCUT2D eigenvalue weighted by atomic mass is 32.2. The molecule has 0 aliphatic carbocycles. The molecule has 1 amide bonds. The van der Waals surface area contributed by atoms with Crippen LogP contribution in [0.25, 0.3) is 0 Å². The van der Waals surface area contributed by atoms with E-state index < -0.39 is 10.0 Å². The molecule has 3 rings (SSSR count). The molecular weight excluding hydrogens is 406 g/mol. The van der Waals surface area contributed by atoms with Crippen molar-refractivity contribution in [2.75, 3.05) is 10.0 Å². The minimum atomic E-state index is -3.79. The number of carbonyl (C=O) groups excluding carboxylic acids is 1. The first kappa shape index (κ1) is 21.0. The highest BCUT2D eigenvalue weighted by Crippen LogP contribution is 2.27. The lowest BCUT2D eigenvalue weighted by Gasteiger charge is -2.08. The molecule has 2 aromatic carbocycles. The first-order chi connectivity index (χ1) is 13.7. The van der Waals surface area contributed by atoms with E-state index in [0.717, 1.165) is 23.3 Å². The molecule has 0 saturated heterocycles. The predicted octanol–water partition coefficient (Wildman–Crippen LogP) is 4.68. The van der Waals surface area contributed by atoms with Crippen LogP contribution in [0.4, 0.5) is 10.8 Å². The number of carbonyl (C=O) groups is 1. The molecular formula is C21H23N3O3S2. The Kier molecular flexibility index (Phi) is 6.04. The maximum absolute atomic E-state index is 12.7. The van der Waals surface area contributed by atoms with Crippen LogP contribution in [0.2, 0.25) is 0 Å². The van der Waals surface area contributed by atoms with Gasteiger partial charge in [-0.25, -0.2) is 13.4 Å². The Balaban J connectivity index is 1.79. The molecule has 0 bridgehead atoms. The van der Waals surface area contributed by atoms with E-state index in [2.05, 4.69) is 21.9 Å². The third-order valence-corrected chi connectivity index (χ3v) is 7.16. The first-order valence-electron chi connectivity index (χ1n) is 9.17. The molecule has 29 heavy (non-hydrogen) atoms. The number of sulfonamides is 1. The van der Waals surface area contributed by atoms with Gasteiger partial charge in [0.1, 0.15) is 4.88 Å². The SMILES string of the molecule is CCc1ccc(NC(=O)c2sc(NS(=O)(=O)c3ccc(C)cc3C)nc2C)cc1. The quantitative estimate of drug-likeness (QED) is 0.595. The highest BCUT2D eigenvalue weighted by Gasteiger charge is 2.21. The van der Waals surface area contributed by atoms with Crippen molar-refractivity contribution < 1.29 is 13.2 Å². The van der Waals surface area contributed by atoms with Gasteiger partial charge in [-0.15, -0.1) is 0 Å². The van der Waals surface area contributed by atoms with E-state index in [0.29, 0.717) is 21.8 Å². The number of hydrogen-bond acceptors (Lipinski definition) is 5. The molecule has 2 N–H and O–H groups in total. The van der Waals surface area contributed by atoms with Crippen LogP contribution in [0, 0.1) is 20.8 Å². The van der Waals surface area contributed by atoms with Crippen molar-refractivity contribution >= 4 is 38.1 Å². The molecule has 0 saturated carbocycles. The minimum absolute atomic E-state index is 0.161. The molecule has 8 heteroatoms. The summed E-state index contributed by atoms with van der Waals surface area (Å²) in [5.41, 5.74) is 3.96. The van der Waals surface area contributed by atoms with Crippen LogP contribution < -0.4 is 10.0 Å². The monoisotopic (exact) mass is 429 g/mol. The minimum Gasteiger partial charge on any atom is -0.321 e. The van der Waals surface area contributed by atoms with Gasteiger partial charge in [0.25, 0.3) is 15.9 Å². The third-order valence-electron chi connectivity index (χ3n) is 4.46. The number of aromatic nitrogens is 1. The molecule has 6 nitrogen and oxygen atoms in total. The van der Waals surface area contributed by atoms with Crippen LogP contribution in [0.5, 0.6) is 0 Å². The number of amides is 1. The fraction of sp³-hybridized carbons (Fsp3) is 0.238. The summed E-state index contributed by atoms with van der Waals surface area (Å²) in [6, 6.07) is 12.7. The van der Waals surface area contributed by atoms with E-state index in [-0.39, 0.29) is 15.9 Å². The van der Waals surface area contributed by atoms with E-state index in [1.54, 1.807) is 26.0 Å². The summed E-state index contributed by atoms with van der Waals surface area (Å²) in [5, 5.41) is 2.99. The molecule has 152 valence electrons. The van der Waals surface area contributed by atoms with E-state index in [4.69, 9.17) is 0 Å². The van der Waals surface area contributed by atoms with Crippen LogP contribution in [0.1, 0.15) is 39.0 Å². The number of benzene rings is 2. The Labute approximate surface area is 175 Å². The second kappa shape index (κ2) is 8.34. The lowest BCUT2D eigenvalue weighted by atomic mass is 10.1. The largest absolute Gasteiger partial charge is 0.321 e. The number of aryl methyl sites for hydroxylation is 4. The van der Waals surface area contributed by atoms with Gasteiger partial charge in [0.15, 0.2) is 5.13 Å². The number of anilines is 2. The lowest BCUT2D eigenvalue weighted by Crippen LogP contribution is -2.14. The second-order valence-electron chi connectivity index (χ2n) is 6.81. The molecule has 1 heterocycles. The summed E-state index contributed by atoms with van der Waals surface area (Å²) < 4.78 is 28.0. The number of hydrogen-bond donors (Lipinski definition) is 2. The highest BCUT2D eigenvalue weighted by molar-refractivity contribution is 7.93. The molecule has 0 unspecified atom stereocenters. The van der Waals surface area contributed by atoms with E-state index in [1.807, 2.05) is 37.3 Å². The average Bonchev–Trinajstić information content (AvgIpc) is 3.01. The Morgan fingerprint density at radius 3 is 2.38 bits per heavy atom. The fourth-order valence-electron chi connectivity index (χ4n) is 2.93. The Morgan fingerprint density at radius 2 is 1.76 bits per heavy atom. The predicted molar refractivity (Wildman–Crippen MR) is 117 cm³/mol. The van der Waals surface area contributed by atoms with Gasteiger partial charge in [-0.1, -0.05) is 48.1 Å². The summed E-state index contributed by atoms with van der Waals surface area (Å²) in [6.45, 7) is 7.40. The zero-order valence-electron chi connectivity index (χ0n) is 16.7. The van der Waals surface area contributed by atoms with Gasteiger partial charge in [0.2, 0.25) is 0 Å². The third kappa shape index (κ3) is 4.83. The maximum atomic E-state index is 12.7. The molecule has 3 aromatic rings. The number of rotatable bonds is 6. The zero-order chi connectivity index (χ0) is 21.2. The van der Waals surface area contributed by atoms with Crippen LogP contribution in [0.3, 0.4) is 0 Å². The summed E-state index contributed by atoms with van der Waals surface area (Å²) in [7, 11) is -3.79.